The van der Waals surface area contributed by atoms with E-state index in [-0.39, 0.29) is 11.9 Å². The van der Waals surface area contributed by atoms with Gasteiger partial charge in [-0.25, -0.2) is 0 Å². The summed E-state index contributed by atoms with van der Waals surface area (Å²) in [5, 5.41) is 6.73. The lowest BCUT2D eigenvalue weighted by Gasteiger charge is -2.12. The zero-order chi connectivity index (χ0) is 11.5. The maximum atomic E-state index is 11.8. The van der Waals surface area contributed by atoms with Crippen LogP contribution in [0.2, 0.25) is 10.0 Å². The van der Waals surface area contributed by atoms with E-state index in [1.165, 1.54) is 0 Å². The van der Waals surface area contributed by atoms with Crippen molar-refractivity contribution in [2.75, 3.05) is 11.9 Å². The quantitative estimate of drug-likeness (QED) is 0.857. The third-order valence-corrected chi connectivity index (χ3v) is 3.41. The number of carbonyl (C=O) groups is 1. The number of amides is 1. The van der Waals surface area contributed by atoms with Crippen molar-refractivity contribution in [2.24, 2.45) is 0 Å². The lowest BCUT2D eigenvalue weighted by atomic mass is 10.2. The molecule has 1 saturated heterocycles. The maximum absolute atomic E-state index is 11.8. The summed E-state index contributed by atoms with van der Waals surface area (Å²) in [6.45, 7) is 0.890. The Bertz CT molecular complexity index is 403. The topological polar surface area (TPSA) is 41.1 Å². The first kappa shape index (κ1) is 11.7. The summed E-state index contributed by atoms with van der Waals surface area (Å²) < 4.78 is 0. The van der Waals surface area contributed by atoms with Crippen molar-refractivity contribution in [1.82, 2.24) is 5.32 Å². The van der Waals surface area contributed by atoms with Gasteiger partial charge in [-0.05, 0) is 31.5 Å². The molecule has 1 aromatic carbocycles. The van der Waals surface area contributed by atoms with Crippen LogP contribution in [0.4, 0.5) is 5.69 Å². The molecule has 0 saturated carbocycles. The molecular formula is C11H12Cl2N2O. The van der Waals surface area contributed by atoms with Crippen LogP contribution in [0.1, 0.15) is 12.8 Å². The largest absolute Gasteiger partial charge is 0.323 e. The first-order chi connectivity index (χ1) is 7.68. The fourth-order valence-electron chi connectivity index (χ4n) is 1.73. The highest BCUT2D eigenvalue weighted by atomic mass is 35.5. The molecule has 1 fully saturated rings. The highest BCUT2D eigenvalue weighted by Gasteiger charge is 2.22. The SMILES string of the molecule is O=C(Nc1cccc(Cl)c1Cl)C1CCCN1. The van der Waals surface area contributed by atoms with Crippen molar-refractivity contribution < 1.29 is 4.79 Å². The van der Waals surface area contributed by atoms with E-state index >= 15 is 0 Å². The summed E-state index contributed by atoms with van der Waals surface area (Å²) in [6, 6.07) is 5.07. The molecule has 1 aromatic rings. The molecule has 5 heteroatoms. The van der Waals surface area contributed by atoms with E-state index in [1.54, 1.807) is 18.2 Å². The Balaban J connectivity index is 2.08. The van der Waals surface area contributed by atoms with Gasteiger partial charge >= 0.3 is 0 Å². The van der Waals surface area contributed by atoms with Crippen LogP contribution in [0.25, 0.3) is 0 Å². The van der Waals surface area contributed by atoms with Crippen molar-refractivity contribution in [3.05, 3.63) is 28.2 Å². The molecule has 0 radical (unpaired) electrons. The highest BCUT2D eigenvalue weighted by molar-refractivity contribution is 6.44. The Morgan fingerprint density at radius 2 is 2.25 bits per heavy atom. The van der Waals surface area contributed by atoms with E-state index in [0.29, 0.717) is 15.7 Å². The average molecular weight is 259 g/mol. The van der Waals surface area contributed by atoms with Gasteiger partial charge < -0.3 is 10.6 Å². The van der Waals surface area contributed by atoms with Crippen molar-refractivity contribution in [1.29, 1.82) is 0 Å². The number of anilines is 1. The van der Waals surface area contributed by atoms with Crippen LogP contribution >= 0.6 is 23.2 Å². The Morgan fingerprint density at radius 1 is 1.44 bits per heavy atom. The second kappa shape index (κ2) is 5.04. The number of hydrogen-bond donors (Lipinski definition) is 2. The second-order valence-electron chi connectivity index (χ2n) is 3.74. The molecule has 0 aromatic heterocycles. The van der Waals surface area contributed by atoms with Gasteiger partial charge in [0.25, 0.3) is 0 Å². The molecule has 1 atom stereocenters. The number of benzene rings is 1. The molecule has 1 unspecified atom stereocenters. The minimum Gasteiger partial charge on any atom is -0.323 e. The summed E-state index contributed by atoms with van der Waals surface area (Å²) in [5.41, 5.74) is 0.563. The first-order valence-electron chi connectivity index (χ1n) is 5.17. The molecule has 0 bridgehead atoms. The van der Waals surface area contributed by atoms with Gasteiger partial charge in [0.1, 0.15) is 0 Å². The van der Waals surface area contributed by atoms with Gasteiger partial charge in [0.05, 0.1) is 21.8 Å². The number of nitrogens with one attached hydrogen (secondary N) is 2. The summed E-state index contributed by atoms with van der Waals surface area (Å²) in [5.74, 6) is -0.0540. The predicted molar refractivity (Wildman–Crippen MR) is 66.1 cm³/mol. The van der Waals surface area contributed by atoms with E-state index in [1.807, 2.05) is 0 Å². The highest BCUT2D eigenvalue weighted by Crippen LogP contribution is 2.29. The Morgan fingerprint density at radius 3 is 2.94 bits per heavy atom. The summed E-state index contributed by atoms with van der Waals surface area (Å²) in [7, 11) is 0. The molecule has 1 aliphatic rings. The van der Waals surface area contributed by atoms with Gasteiger partial charge in [0.15, 0.2) is 0 Å². The van der Waals surface area contributed by atoms with Gasteiger partial charge in [-0.1, -0.05) is 29.3 Å². The van der Waals surface area contributed by atoms with Crippen LogP contribution in [-0.2, 0) is 4.79 Å². The molecule has 1 amide bonds. The Kier molecular flexibility index (Phi) is 3.69. The third kappa shape index (κ3) is 2.48. The lowest BCUT2D eigenvalue weighted by molar-refractivity contribution is -0.117. The predicted octanol–water partition coefficient (Wildman–Crippen LogP) is 2.68. The van der Waals surface area contributed by atoms with Gasteiger partial charge in [-0.2, -0.15) is 0 Å². The van der Waals surface area contributed by atoms with Crippen LogP contribution in [0.3, 0.4) is 0 Å². The monoisotopic (exact) mass is 258 g/mol. The molecule has 3 nitrogen and oxygen atoms in total. The van der Waals surface area contributed by atoms with E-state index in [0.717, 1.165) is 19.4 Å². The maximum Gasteiger partial charge on any atom is 0.241 e. The summed E-state index contributed by atoms with van der Waals surface area (Å²) >= 11 is 11.8. The lowest BCUT2D eigenvalue weighted by Crippen LogP contribution is -2.35. The summed E-state index contributed by atoms with van der Waals surface area (Å²) in [6.07, 6.45) is 1.89. The van der Waals surface area contributed by atoms with Crippen LogP contribution in [0.5, 0.6) is 0 Å². The average Bonchev–Trinajstić information content (AvgIpc) is 2.78. The minimum absolute atomic E-state index is 0.0540. The normalized spacial score (nSPS) is 19.8. The molecule has 2 rings (SSSR count). The fourth-order valence-corrected chi connectivity index (χ4v) is 2.08. The fraction of sp³-hybridized carbons (Fsp3) is 0.364. The van der Waals surface area contributed by atoms with E-state index < -0.39 is 0 Å². The Hall–Kier alpha value is -0.770. The molecule has 16 heavy (non-hydrogen) atoms. The van der Waals surface area contributed by atoms with Crippen molar-refractivity contribution in [2.45, 2.75) is 18.9 Å². The number of halogens is 2. The zero-order valence-corrected chi connectivity index (χ0v) is 10.1. The number of carbonyl (C=O) groups excluding carboxylic acids is 1. The standard InChI is InChI=1S/C11H12Cl2N2O/c12-7-3-1-4-8(10(7)13)15-11(16)9-5-2-6-14-9/h1,3-4,9,14H,2,5-6H2,(H,15,16). The molecule has 0 spiro atoms. The third-order valence-electron chi connectivity index (χ3n) is 2.59. The van der Waals surface area contributed by atoms with Crippen molar-refractivity contribution in [3.63, 3.8) is 0 Å². The van der Waals surface area contributed by atoms with Crippen LogP contribution in [0.15, 0.2) is 18.2 Å². The molecule has 1 aliphatic heterocycles. The van der Waals surface area contributed by atoms with Crippen LogP contribution < -0.4 is 10.6 Å². The number of rotatable bonds is 2. The van der Waals surface area contributed by atoms with Crippen LogP contribution in [-0.4, -0.2) is 18.5 Å². The number of hydrogen-bond acceptors (Lipinski definition) is 2. The Labute approximate surface area is 104 Å². The first-order valence-corrected chi connectivity index (χ1v) is 5.92. The van der Waals surface area contributed by atoms with Gasteiger partial charge in [0.2, 0.25) is 5.91 Å². The second-order valence-corrected chi connectivity index (χ2v) is 4.52. The summed E-state index contributed by atoms with van der Waals surface area (Å²) in [4.78, 5) is 11.8. The molecule has 0 aliphatic carbocycles. The minimum atomic E-state index is -0.116. The molecule has 86 valence electrons. The van der Waals surface area contributed by atoms with E-state index in [4.69, 9.17) is 23.2 Å². The molecule has 1 heterocycles. The zero-order valence-electron chi connectivity index (χ0n) is 8.59. The van der Waals surface area contributed by atoms with Crippen molar-refractivity contribution in [3.8, 4) is 0 Å². The van der Waals surface area contributed by atoms with Gasteiger partial charge in [-0.3, -0.25) is 4.79 Å². The van der Waals surface area contributed by atoms with Gasteiger partial charge in [-0.15, -0.1) is 0 Å². The van der Waals surface area contributed by atoms with E-state index in [2.05, 4.69) is 10.6 Å². The molecule has 2 N–H and O–H groups in total. The van der Waals surface area contributed by atoms with Crippen LogP contribution in [0, 0.1) is 0 Å². The van der Waals surface area contributed by atoms with Gasteiger partial charge in [0, 0.05) is 0 Å². The molecular weight excluding hydrogens is 247 g/mol. The smallest absolute Gasteiger partial charge is 0.241 e. The van der Waals surface area contributed by atoms with Crippen molar-refractivity contribution >= 4 is 34.8 Å². The van der Waals surface area contributed by atoms with E-state index in [9.17, 15) is 4.79 Å².